The highest BCUT2D eigenvalue weighted by Gasteiger charge is 2.27. The molecule has 1 aromatic heterocycles. The number of hydrogen-bond acceptors (Lipinski definition) is 5. The summed E-state index contributed by atoms with van der Waals surface area (Å²) in [6.45, 7) is 5.91. The van der Waals surface area contributed by atoms with Crippen molar-refractivity contribution in [2.45, 2.75) is 44.4 Å². The summed E-state index contributed by atoms with van der Waals surface area (Å²) in [7, 11) is 0. The largest absolute Gasteiger partial charge is 0.352 e. The number of carbonyl (C=O) groups excluding carboxylic acids is 2. The van der Waals surface area contributed by atoms with E-state index in [2.05, 4.69) is 29.4 Å². The second-order valence-electron chi connectivity index (χ2n) is 7.26. The van der Waals surface area contributed by atoms with E-state index in [1.807, 2.05) is 39.8 Å². The molecule has 1 N–H and O–H groups in total. The van der Waals surface area contributed by atoms with Gasteiger partial charge in [0.25, 0.3) is 0 Å². The van der Waals surface area contributed by atoms with Gasteiger partial charge in [-0.25, -0.2) is 0 Å². The molecule has 0 aliphatic carbocycles. The van der Waals surface area contributed by atoms with Crippen molar-refractivity contribution in [2.24, 2.45) is 5.92 Å². The number of amides is 2. The Labute approximate surface area is 169 Å². The van der Waals surface area contributed by atoms with Crippen LogP contribution in [0.4, 0.5) is 0 Å². The molecule has 2 heterocycles. The Morgan fingerprint density at radius 2 is 1.93 bits per heavy atom. The van der Waals surface area contributed by atoms with Crippen LogP contribution in [0.3, 0.4) is 0 Å². The summed E-state index contributed by atoms with van der Waals surface area (Å²) in [6, 6.07) is 10.2. The van der Waals surface area contributed by atoms with E-state index in [0.717, 1.165) is 10.7 Å². The normalized spacial score (nSPS) is 15.0. The van der Waals surface area contributed by atoms with Crippen LogP contribution in [0.25, 0.3) is 0 Å². The van der Waals surface area contributed by atoms with Crippen LogP contribution in [0.2, 0.25) is 0 Å². The lowest BCUT2D eigenvalue weighted by Crippen LogP contribution is -2.43. The Kier molecular flexibility index (Phi) is 7.08. The molecule has 3 rings (SSSR count). The van der Waals surface area contributed by atoms with Gasteiger partial charge in [-0.15, -0.1) is 10.2 Å². The molecule has 2 amide bonds. The maximum atomic E-state index is 12.5. The lowest BCUT2D eigenvalue weighted by molar-refractivity contribution is -0.133. The van der Waals surface area contributed by atoms with E-state index >= 15 is 0 Å². The molecule has 150 valence electrons. The highest BCUT2D eigenvalue weighted by molar-refractivity contribution is 7.99. The number of nitrogens with zero attached hydrogens (tertiary/aromatic N) is 4. The fourth-order valence-corrected chi connectivity index (χ4v) is 4.17. The summed E-state index contributed by atoms with van der Waals surface area (Å²) in [5.41, 5.74) is 1.09. The molecule has 0 saturated carbocycles. The van der Waals surface area contributed by atoms with Gasteiger partial charge < -0.3 is 14.8 Å². The Morgan fingerprint density at radius 1 is 1.21 bits per heavy atom. The zero-order valence-corrected chi connectivity index (χ0v) is 17.2. The number of hydrogen-bond donors (Lipinski definition) is 1. The summed E-state index contributed by atoms with van der Waals surface area (Å²) in [5, 5.41) is 11.8. The van der Waals surface area contributed by atoms with Crippen LogP contribution in [-0.4, -0.2) is 50.3 Å². The lowest BCUT2D eigenvalue weighted by Gasteiger charge is -2.31. The van der Waals surface area contributed by atoms with E-state index in [0.29, 0.717) is 38.2 Å². The van der Waals surface area contributed by atoms with Crippen LogP contribution in [0.5, 0.6) is 0 Å². The van der Waals surface area contributed by atoms with Gasteiger partial charge >= 0.3 is 0 Å². The van der Waals surface area contributed by atoms with Crippen LogP contribution in [-0.2, 0) is 16.1 Å². The number of benzene rings is 1. The van der Waals surface area contributed by atoms with E-state index in [1.54, 1.807) is 6.33 Å². The highest BCUT2D eigenvalue weighted by Crippen LogP contribution is 2.22. The minimum atomic E-state index is -0.0237. The lowest BCUT2D eigenvalue weighted by atomic mass is 9.96. The molecule has 1 aliphatic rings. The Bertz CT molecular complexity index is 785. The number of rotatable bonds is 7. The molecule has 0 spiro atoms. The molecule has 1 aromatic carbocycles. The number of aromatic nitrogens is 3. The number of likely N-dealkylation sites (tertiary alicyclic amines) is 1. The molecule has 28 heavy (non-hydrogen) atoms. The van der Waals surface area contributed by atoms with Crippen molar-refractivity contribution in [2.75, 3.05) is 18.8 Å². The van der Waals surface area contributed by atoms with Gasteiger partial charge in [-0.1, -0.05) is 42.1 Å². The van der Waals surface area contributed by atoms with Crippen LogP contribution < -0.4 is 5.32 Å². The number of piperidine rings is 1. The van der Waals surface area contributed by atoms with Gasteiger partial charge in [-0.3, -0.25) is 9.59 Å². The molecule has 1 saturated heterocycles. The highest BCUT2D eigenvalue weighted by atomic mass is 32.2. The van der Waals surface area contributed by atoms with Crippen molar-refractivity contribution >= 4 is 23.6 Å². The smallest absolute Gasteiger partial charge is 0.233 e. The van der Waals surface area contributed by atoms with E-state index in [1.165, 1.54) is 11.8 Å². The van der Waals surface area contributed by atoms with Gasteiger partial charge in [-0.2, -0.15) is 0 Å². The summed E-state index contributed by atoms with van der Waals surface area (Å²) in [5.74, 6) is 0.488. The summed E-state index contributed by atoms with van der Waals surface area (Å²) < 4.78 is 1.96. The second-order valence-corrected chi connectivity index (χ2v) is 8.20. The fourth-order valence-electron chi connectivity index (χ4n) is 3.23. The van der Waals surface area contributed by atoms with Crippen molar-refractivity contribution in [3.8, 4) is 0 Å². The van der Waals surface area contributed by atoms with Crippen LogP contribution in [0.1, 0.15) is 38.3 Å². The second kappa shape index (κ2) is 9.73. The van der Waals surface area contributed by atoms with Crippen molar-refractivity contribution in [1.29, 1.82) is 0 Å². The molecule has 8 heteroatoms. The van der Waals surface area contributed by atoms with Crippen molar-refractivity contribution in [1.82, 2.24) is 25.0 Å². The number of thioether (sulfide) groups is 1. The van der Waals surface area contributed by atoms with E-state index < -0.39 is 0 Å². The third kappa shape index (κ3) is 5.34. The molecule has 0 atom stereocenters. The van der Waals surface area contributed by atoms with Crippen molar-refractivity contribution < 1.29 is 9.59 Å². The SMILES string of the molecule is CC(C)n1cnnc1SCC(=O)N1CCC(C(=O)NCc2ccccc2)CC1. The monoisotopic (exact) mass is 401 g/mol. The van der Waals surface area contributed by atoms with Gasteiger partial charge in [0.15, 0.2) is 5.16 Å². The molecule has 0 radical (unpaired) electrons. The minimum absolute atomic E-state index is 0.0237. The molecule has 1 fully saturated rings. The maximum absolute atomic E-state index is 12.5. The first-order chi connectivity index (χ1) is 13.5. The Hall–Kier alpha value is -2.35. The van der Waals surface area contributed by atoms with Crippen LogP contribution in [0.15, 0.2) is 41.8 Å². The molecular weight excluding hydrogens is 374 g/mol. The molecule has 7 nitrogen and oxygen atoms in total. The average molecular weight is 402 g/mol. The number of carbonyl (C=O) groups is 2. The van der Waals surface area contributed by atoms with Gasteiger partial charge in [0.2, 0.25) is 11.8 Å². The first kappa shape index (κ1) is 20.4. The summed E-state index contributed by atoms with van der Waals surface area (Å²) >= 11 is 1.42. The van der Waals surface area contributed by atoms with Gasteiger partial charge in [0, 0.05) is 31.6 Å². The van der Waals surface area contributed by atoms with Crippen LogP contribution in [0, 0.1) is 5.92 Å². The van der Waals surface area contributed by atoms with Crippen molar-refractivity contribution in [3.63, 3.8) is 0 Å². The van der Waals surface area contributed by atoms with Gasteiger partial charge in [0.05, 0.1) is 5.75 Å². The minimum Gasteiger partial charge on any atom is -0.352 e. The van der Waals surface area contributed by atoms with Crippen molar-refractivity contribution in [3.05, 3.63) is 42.2 Å². The third-order valence-corrected chi connectivity index (χ3v) is 5.89. The topological polar surface area (TPSA) is 80.1 Å². The van der Waals surface area contributed by atoms with E-state index in [-0.39, 0.29) is 23.8 Å². The predicted octanol–water partition coefficient (Wildman–Crippen LogP) is 2.51. The molecule has 1 aliphatic heterocycles. The molecule has 2 aromatic rings. The average Bonchev–Trinajstić information content (AvgIpc) is 3.20. The summed E-state index contributed by atoms with van der Waals surface area (Å²) in [4.78, 5) is 26.8. The summed E-state index contributed by atoms with van der Waals surface area (Å²) in [6.07, 6.45) is 3.11. The zero-order valence-electron chi connectivity index (χ0n) is 16.4. The van der Waals surface area contributed by atoms with Gasteiger partial charge in [0.1, 0.15) is 6.33 Å². The Morgan fingerprint density at radius 3 is 2.61 bits per heavy atom. The maximum Gasteiger partial charge on any atom is 0.233 e. The predicted molar refractivity (Wildman–Crippen MR) is 109 cm³/mol. The standard InChI is InChI=1S/C20H27N5O2S/c1-15(2)25-14-22-23-20(25)28-13-18(26)24-10-8-17(9-11-24)19(27)21-12-16-6-4-3-5-7-16/h3-7,14-15,17H,8-13H2,1-2H3,(H,21,27). The Balaban J connectivity index is 1.41. The number of nitrogens with one attached hydrogen (secondary N) is 1. The first-order valence-electron chi connectivity index (χ1n) is 9.66. The quantitative estimate of drug-likeness (QED) is 0.721. The van der Waals surface area contributed by atoms with E-state index in [9.17, 15) is 9.59 Å². The molecule has 0 unspecified atom stereocenters. The van der Waals surface area contributed by atoms with E-state index in [4.69, 9.17) is 0 Å². The first-order valence-corrected chi connectivity index (χ1v) is 10.6. The fraction of sp³-hybridized carbons (Fsp3) is 0.500. The molecule has 0 bridgehead atoms. The van der Waals surface area contributed by atoms with Crippen LogP contribution >= 0.6 is 11.8 Å². The third-order valence-electron chi connectivity index (χ3n) is 4.95. The zero-order chi connectivity index (χ0) is 19.9. The molecular formula is C20H27N5O2S. The van der Waals surface area contributed by atoms with Gasteiger partial charge in [-0.05, 0) is 32.3 Å².